The summed E-state index contributed by atoms with van der Waals surface area (Å²) in [4.78, 5) is 0. The summed E-state index contributed by atoms with van der Waals surface area (Å²) in [6.45, 7) is 4.44. The van der Waals surface area contributed by atoms with Crippen LogP contribution in [0.15, 0.2) is 12.4 Å². The van der Waals surface area contributed by atoms with Crippen molar-refractivity contribution in [1.29, 1.82) is 0 Å². The third-order valence-electron chi connectivity index (χ3n) is 4.32. The van der Waals surface area contributed by atoms with Crippen LogP contribution in [0, 0.1) is 11.8 Å². The molecule has 1 N–H and O–H groups in total. The molecule has 0 saturated heterocycles. The first-order valence-corrected chi connectivity index (χ1v) is 6.69. The molecule has 1 aliphatic rings. The van der Waals surface area contributed by atoms with Gasteiger partial charge in [0.05, 0.1) is 11.8 Å². The number of aryl methyl sites for hydroxylation is 2. The molecule has 0 aliphatic heterocycles. The van der Waals surface area contributed by atoms with Crippen molar-refractivity contribution >= 4 is 0 Å². The van der Waals surface area contributed by atoms with Crippen molar-refractivity contribution < 1.29 is 5.11 Å². The van der Waals surface area contributed by atoms with Crippen LogP contribution in [0.1, 0.15) is 45.1 Å². The van der Waals surface area contributed by atoms with Crippen LogP contribution in [0.2, 0.25) is 0 Å². The summed E-state index contributed by atoms with van der Waals surface area (Å²) in [6, 6.07) is 0. The van der Waals surface area contributed by atoms with Gasteiger partial charge in [-0.25, -0.2) is 0 Å². The highest BCUT2D eigenvalue weighted by Crippen LogP contribution is 2.39. The molecule has 1 aliphatic carbocycles. The minimum Gasteiger partial charge on any atom is -0.390 e. The average Bonchev–Trinajstić information content (AvgIpc) is 2.68. The molecule has 0 amide bonds. The van der Waals surface area contributed by atoms with Crippen LogP contribution in [-0.2, 0) is 13.5 Å². The highest BCUT2D eigenvalue weighted by Gasteiger charge is 2.38. The molecule has 3 unspecified atom stereocenters. The van der Waals surface area contributed by atoms with Crippen LogP contribution in [0.4, 0.5) is 0 Å². The van der Waals surface area contributed by atoms with Gasteiger partial charge in [-0.2, -0.15) is 5.10 Å². The van der Waals surface area contributed by atoms with E-state index in [1.54, 1.807) is 0 Å². The van der Waals surface area contributed by atoms with Crippen LogP contribution in [0.25, 0.3) is 0 Å². The number of aromatic nitrogens is 2. The summed E-state index contributed by atoms with van der Waals surface area (Å²) in [5.41, 5.74) is 0.763. The van der Waals surface area contributed by atoms with E-state index < -0.39 is 5.60 Å². The first kappa shape index (κ1) is 12.6. The van der Waals surface area contributed by atoms with E-state index in [0.29, 0.717) is 11.8 Å². The largest absolute Gasteiger partial charge is 0.390 e. The first-order chi connectivity index (χ1) is 7.99. The van der Waals surface area contributed by atoms with Gasteiger partial charge in [-0.05, 0) is 43.1 Å². The van der Waals surface area contributed by atoms with Crippen molar-refractivity contribution in [1.82, 2.24) is 9.78 Å². The Hall–Kier alpha value is -0.830. The molecule has 96 valence electrons. The Morgan fingerprint density at radius 2 is 2.24 bits per heavy atom. The molecule has 1 aromatic heterocycles. The summed E-state index contributed by atoms with van der Waals surface area (Å²) in [5.74, 6) is 1.08. The van der Waals surface area contributed by atoms with Gasteiger partial charge in [0.1, 0.15) is 0 Å². The second kappa shape index (κ2) is 4.81. The number of rotatable bonds is 3. The fourth-order valence-corrected chi connectivity index (χ4v) is 3.02. The molecule has 1 saturated carbocycles. The highest BCUT2D eigenvalue weighted by atomic mass is 16.3. The van der Waals surface area contributed by atoms with Gasteiger partial charge in [0.15, 0.2) is 0 Å². The fraction of sp³-hybridized carbons (Fsp3) is 0.786. The lowest BCUT2D eigenvalue weighted by molar-refractivity contribution is -0.0626. The summed E-state index contributed by atoms with van der Waals surface area (Å²) in [7, 11) is 1.93. The zero-order chi connectivity index (χ0) is 12.5. The van der Waals surface area contributed by atoms with Crippen LogP contribution in [0.5, 0.6) is 0 Å². The van der Waals surface area contributed by atoms with Gasteiger partial charge in [-0.3, -0.25) is 4.68 Å². The number of aliphatic hydroxyl groups is 1. The molecule has 3 nitrogen and oxygen atoms in total. The predicted molar refractivity (Wildman–Crippen MR) is 68.7 cm³/mol. The molecule has 1 aromatic rings. The van der Waals surface area contributed by atoms with Crippen LogP contribution in [0.3, 0.4) is 0 Å². The topological polar surface area (TPSA) is 38.1 Å². The molecular formula is C14H24N2O. The van der Waals surface area contributed by atoms with Crippen LogP contribution >= 0.6 is 0 Å². The van der Waals surface area contributed by atoms with Crippen molar-refractivity contribution in [2.75, 3.05) is 0 Å². The molecule has 0 bridgehead atoms. The highest BCUT2D eigenvalue weighted by molar-refractivity contribution is 5.05. The molecule has 3 heteroatoms. The lowest BCUT2D eigenvalue weighted by Gasteiger charge is -2.41. The second-order valence-electron chi connectivity index (χ2n) is 5.91. The van der Waals surface area contributed by atoms with Gasteiger partial charge < -0.3 is 5.11 Å². The summed E-state index contributed by atoms with van der Waals surface area (Å²) in [6.07, 6.45) is 9.11. The molecular weight excluding hydrogens is 212 g/mol. The molecule has 0 spiro atoms. The van der Waals surface area contributed by atoms with Crippen molar-refractivity contribution in [3.8, 4) is 0 Å². The van der Waals surface area contributed by atoms with Crippen LogP contribution < -0.4 is 0 Å². The fourth-order valence-electron chi connectivity index (χ4n) is 3.02. The Morgan fingerprint density at radius 3 is 2.88 bits per heavy atom. The summed E-state index contributed by atoms with van der Waals surface area (Å²) >= 11 is 0. The van der Waals surface area contributed by atoms with E-state index in [4.69, 9.17) is 0 Å². The van der Waals surface area contributed by atoms with E-state index >= 15 is 0 Å². The Bertz CT molecular complexity index is 374. The predicted octanol–water partition coefficient (Wildman–Crippen LogP) is 2.54. The molecule has 17 heavy (non-hydrogen) atoms. The van der Waals surface area contributed by atoms with Gasteiger partial charge in [0.25, 0.3) is 0 Å². The molecule has 1 heterocycles. The minimum atomic E-state index is -0.465. The molecule has 0 aromatic carbocycles. The Kier molecular flexibility index (Phi) is 3.57. The van der Waals surface area contributed by atoms with E-state index in [1.165, 1.54) is 12.0 Å². The number of hydrogen-bond donors (Lipinski definition) is 1. The van der Waals surface area contributed by atoms with Crippen molar-refractivity contribution in [2.45, 2.75) is 51.6 Å². The normalized spacial score (nSPS) is 33.9. The van der Waals surface area contributed by atoms with E-state index in [0.717, 1.165) is 25.7 Å². The maximum atomic E-state index is 10.8. The van der Waals surface area contributed by atoms with Gasteiger partial charge in [-0.1, -0.05) is 20.3 Å². The molecule has 2 rings (SSSR count). The van der Waals surface area contributed by atoms with Crippen molar-refractivity contribution in [2.24, 2.45) is 18.9 Å². The number of hydrogen-bond acceptors (Lipinski definition) is 2. The zero-order valence-electron chi connectivity index (χ0n) is 11.2. The first-order valence-electron chi connectivity index (χ1n) is 6.69. The van der Waals surface area contributed by atoms with E-state index in [9.17, 15) is 5.11 Å². The lowest BCUT2D eigenvalue weighted by Crippen LogP contribution is -2.42. The summed E-state index contributed by atoms with van der Waals surface area (Å²) in [5, 5.41) is 14.9. The van der Waals surface area contributed by atoms with Gasteiger partial charge in [0, 0.05) is 13.2 Å². The second-order valence-corrected chi connectivity index (χ2v) is 5.91. The van der Waals surface area contributed by atoms with Crippen LogP contribution in [-0.4, -0.2) is 20.5 Å². The lowest BCUT2D eigenvalue weighted by atomic mass is 9.70. The number of nitrogens with zero attached hydrogens (tertiary/aromatic N) is 2. The zero-order valence-corrected chi connectivity index (χ0v) is 11.2. The van der Waals surface area contributed by atoms with E-state index in [-0.39, 0.29) is 0 Å². The Morgan fingerprint density at radius 1 is 1.47 bits per heavy atom. The maximum Gasteiger partial charge on any atom is 0.0678 e. The van der Waals surface area contributed by atoms with E-state index in [1.807, 2.05) is 24.1 Å². The van der Waals surface area contributed by atoms with Gasteiger partial charge in [0.2, 0.25) is 0 Å². The minimum absolute atomic E-state index is 0.426. The average molecular weight is 236 g/mol. The SMILES string of the molecule is CC1CCC(C)C(O)(CCc2cnn(C)c2)C1. The third-order valence-corrected chi connectivity index (χ3v) is 4.32. The standard InChI is InChI=1S/C14H24N2O/c1-11-4-5-12(2)14(17,8-11)7-6-13-9-15-16(3)10-13/h9-12,17H,4-8H2,1-3H3. The monoisotopic (exact) mass is 236 g/mol. The van der Waals surface area contributed by atoms with Crippen molar-refractivity contribution in [3.63, 3.8) is 0 Å². The Balaban J connectivity index is 1.96. The van der Waals surface area contributed by atoms with E-state index in [2.05, 4.69) is 18.9 Å². The smallest absolute Gasteiger partial charge is 0.0678 e. The Labute approximate surface area is 104 Å². The quantitative estimate of drug-likeness (QED) is 0.875. The maximum absolute atomic E-state index is 10.8. The third kappa shape index (κ3) is 2.89. The molecule has 3 atom stereocenters. The molecule has 1 fully saturated rings. The van der Waals surface area contributed by atoms with Crippen molar-refractivity contribution in [3.05, 3.63) is 18.0 Å². The van der Waals surface area contributed by atoms with Gasteiger partial charge >= 0.3 is 0 Å². The summed E-state index contributed by atoms with van der Waals surface area (Å²) < 4.78 is 1.83. The van der Waals surface area contributed by atoms with Gasteiger partial charge in [-0.15, -0.1) is 0 Å². The molecule has 0 radical (unpaired) electrons.